The fourth-order valence-corrected chi connectivity index (χ4v) is 1.53. The lowest BCUT2D eigenvalue weighted by molar-refractivity contribution is 0.0691. The number of carbonyl (C=O) groups is 1. The molecule has 0 radical (unpaired) electrons. The topological polar surface area (TPSA) is 50.2 Å². The predicted octanol–water partition coefficient (Wildman–Crippen LogP) is 2.50. The number of rotatable bonds is 2. The van der Waals surface area contributed by atoms with Crippen LogP contribution in [0.15, 0.2) is 30.5 Å². The van der Waals surface area contributed by atoms with Crippen molar-refractivity contribution in [3.05, 3.63) is 41.7 Å². The van der Waals surface area contributed by atoms with Gasteiger partial charge in [-0.05, 0) is 29.5 Å². The Hall–Kier alpha value is -1.90. The van der Waals surface area contributed by atoms with Crippen molar-refractivity contribution in [3.63, 3.8) is 0 Å². The minimum absolute atomic E-state index is 0.0896. The van der Waals surface area contributed by atoms with E-state index >= 15 is 0 Å². The molecular formula is C12H11NO2. The summed E-state index contributed by atoms with van der Waals surface area (Å²) in [7, 11) is 0. The SMILES string of the molecule is CCc1ccc2cc(C(=O)O)ncc2c1. The highest BCUT2D eigenvalue weighted by atomic mass is 16.4. The Balaban J connectivity index is 2.59. The number of aromatic carboxylic acids is 1. The standard InChI is InChI=1S/C12H11NO2/c1-2-8-3-4-9-6-11(12(14)15)13-7-10(9)5-8/h3-7H,2H2,1H3,(H,14,15). The third-order valence-corrected chi connectivity index (χ3v) is 2.41. The lowest BCUT2D eigenvalue weighted by Crippen LogP contribution is -1.99. The van der Waals surface area contributed by atoms with Crippen LogP contribution in [0.3, 0.4) is 0 Å². The summed E-state index contributed by atoms with van der Waals surface area (Å²) in [4.78, 5) is 14.6. The minimum Gasteiger partial charge on any atom is -0.477 e. The summed E-state index contributed by atoms with van der Waals surface area (Å²) in [5, 5.41) is 10.7. The molecule has 2 rings (SSSR count). The number of carboxylic acids is 1. The van der Waals surface area contributed by atoms with Crippen LogP contribution in [0.5, 0.6) is 0 Å². The monoisotopic (exact) mass is 201 g/mol. The Morgan fingerprint density at radius 2 is 2.13 bits per heavy atom. The number of benzene rings is 1. The van der Waals surface area contributed by atoms with Gasteiger partial charge in [0.05, 0.1) is 0 Å². The molecule has 3 nitrogen and oxygen atoms in total. The normalized spacial score (nSPS) is 10.5. The first-order valence-electron chi connectivity index (χ1n) is 4.82. The van der Waals surface area contributed by atoms with Crippen molar-refractivity contribution in [3.8, 4) is 0 Å². The third kappa shape index (κ3) is 1.81. The maximum atomic E-state index is 10.7. The number of carboxylic acid groups (broad SMARTS) is 1. The second-order valence-corrected chi connectivity index (χ2v) is 3.41. The summed E-state index contributed by atoms with van der Waals surface area (Å²) in [6.45, 7) is 2.08. The second-order valence-electron chi connectivity index (χ2n) is 3.41. The van der Waals surface area contributed by atoms with Gasteiger partial charge in [-0.3, -0.25) is 0 Å². The Morgan fingerprint density at radius 3 is 2.80 bits per heavy atom. The number of hydrogen-bond donors (Lipinski definition) is 1. The summed E-state index contributed by atoms with van der Waals surface area (Å²) in [6.07, 6.45) is 2.58. The highest BCUT2D eigenvalue weighted by Gasteiger charge is 2.05. The molecular weight excluding hydrogens is 190 g/mol. The number of nitrogens with zero attached hydrogens (tertiary/aromatic N) is 1. The van der Waals surface area contributed by atoms with Gasteiger partial charge < -0.3 is 5.11 Å². The minimum atomic E-state index is -0.989. The summed E-state index contributed by atoms with van der Waals surface area (Å²) in [5.41, 5.74) is 1.32. The van der Waals surface area contributed by atoms with Gasteiger partial charge >= 0.3 is 5.97 Å². The van der Waals surface area contributed by atoms with E-state index in [9.17, 15) is 4.79 Å². The average Bonchev–Trinajstić information content (AvgIpc) is 2.27. The van der Waals surface area contributed by atoms with Crippen LogP contribution in [0.25, 0.3) is 10.8 Å². The van der Waals surface area contributed by atoms with E-state index in [0.29, 0.717) is 0 Å². The van der Waals surface area contributed by atoms with Crippen molar-refractivity contribution in [1.29, 1.82) is 0 Å². The molecule has 0 fully saturated rings. The molecule has 0 aliphatic rings. The molecule has 3 heteroatoms. The summed E-state index contributed by atoms with van der Waals surface area (Å²) in [5.74, 6) is -0.989. The quantitative estimate of drug-likeness (QED) is 0.812. The van der Waals surface area contributed by atoms with Crippen LogP contribution in [0.2, 0.25) is 0 Å². The average molecular weight is 201 g/mol. The van der Waals surface area contributed by atoms with Crippen LogP contribution >= 0.6 is 0 Å². The molecule has 0 aliphatic carbocycles. The van der Waals surface area contributed by atoms with E-state index < -0.39 is 5.97 Å². The van der Waals surface area contributed by atoms with Crippen LogP contribution in [0, 0.1) is 0 Å². The van der Waals surface area contributed by atoms with E-state index in [2.05, 4.69) is 11.9 Å². The van der Waals surface area contributed by atoms with Gasteiger partial charge in [-0.2, -0.15) is 0 Å². The first-order valence-corrected chi connectivity index (χ1v) is 4.82. The van der Waals surface area contributed by atoms with Gasteiger partial charge in [0.15, 0.2) is 0 Å². The molecule has 2 aromatic rings. The molecule has 1 aromatic heterocycles. The van der Waals surface area contributed by atoms with Crippen molar-refractivity contribution >= 4 is 16.7 Å². The van der Waals surface area contributed by atoms with E-state index in [0.717, 1.165) is 17.2 Å². The Bertz CT molecular complexity index is 520. The fourth-order valence-electron chi connectivity index (χ4n) is 1.53. The zero-order valence-corrected chi connectivity index (χ0v) is 8.40. The van der Waals surface area contributed by atoms with Gasteiger partial charge in [0.1, 0.15) is 5.69 Å². The van der Waals surface area contributed by atoms with Crippen LogP contribution in [0.1, 0.15) is 23.0 Å². The van der Waals surface area contributed by atoms with Crippen molar-refractivity contribution < 1.29 is 9.90 Å². The predicted molar refractivity (Wildman–Crippen MR) is 58.1 cm³/mol. The maximum Gasteiger partial charge on any atom is 0.354 e. The van der Waals surface area contributed by atoms with Crippen molar-refractivity contribution in [2.24, 2.45) is 0 Å². The number of fused-ring (bicyclic) bond motifs is 1. The molecule has 0 aliphatic heterocycles. The van der Waals surface area contributed by atoms with Gasteiger partial charge in [0.25, 0.3) is 0 Å². The number of hydrogen-bond acceptors (Lipinski definition) is 2. The van der Waals surface area contributed by atoms with Gasteiger partial charge in [0.2, 0.25) is 0 Å². The molecule has 1 heterocycles. The molecule has 0 spiro atoms. The van der Waals surface area contributed by atoms with Crippen LogP contribution in [-0.4, -0.2) is 16.1 Å². The van der Waals surface area contributed by atoms with Gasteiger partial charge in [-0.25, -0.2) is 9.78 Å². The van der Waals surface area contributed by atoms with E-state index in [1.807, 2.05) is 18.2 Å². The molecule has 0 saturated heterocycles. The van der Waals surface area contributed by atoms with Crippen molar-refractivity contribution in [2.45, 2.75) is 13.3 Å². The first kappa shape index (κ1) is 9.65. The van der Waals surface area contributed by atoms with Crippen LogP contribution < -0.4 is 0 Å². The Labute approximate surface area is 87.4 Å². The summed E-state index contributed by atoms with van der Waals surface area (Å²) >= 11 is 0. The Kier molecular flexibility index (Phi) is 2.37. The smallest absolute Gasteiger partial charge is 0.354 e. The fraction of sp³-hybridized carbons (Fsp3) is 0.167. The number of aryl methyl sites for hydroxylation is 1. The van der Waals surface area contributed by atoms with E-state index in [1.54, 1.807) is 12.3 Å². The number of aromatic nitrogens is 1. The zero-order chi connectivity index (χ0) is 10.8. The van der Waals surface area contributed by atoms with Crippen molar-refractivity contribution in [1.82, 2.24) is 4.98 Å². The highest BCUT2D eigenvalue weighted by Crippen LogP contribution is 2.16. The molecule has 0 amide bonds. The van der Waals surface area contributed by atoms with E-state index in [4.69, 9.17) is 5.11 Å². The second kappa shape index (κ2) is 3.69. The third-order valence-electron chi connectivity index (χ3n) is 2.41. The van der Waals surface area contributed by atoms with Gasteiger partial charge in [0, 0.05) is 11.6 Å². The van der Waals surface area contributed by atoms with Gasteiger partial charge in [-0.1, -0.05) is 19.1 Å². The van der Waals surface area contributed by atoms with Crippen molar-refractivity contribution in [2.75, 3.05) is 0 Å². The maximum absolute atomic E-state index is 10.7. The first-order chi connectivity index (χ1) is 7.20. The van der Waals surface area contributed by atoms with Crippen LogP contribution in [0.4, 0.5) is 0 Å². The molecule has 76 valence electrons. The molecule has 0 saturated carbocycles. The molecule has 1 aromatic carbocycles. The summed E-state index contributed by atoms with van der Waals surface area (Å²) in [6, 6.07) is 7.57. The molecule has 0 bridgehead atoms. The number of pyridine rings is 1. The largest absolute Gasteiger partial charge is 0.477 e. The Morgan fingerprint density at radius 1 is 1.33 bits per heavy atom. The zero-order valence-electron chi connectivity index (χ0n) is 8.40. The lowest BCUT2D eigenvalue weighted by Gasteiger charge is -2.01. The molecule has 0 unspecified atom stereocenters. The molecule has 0 atom stereocenters. The highest BCUT2D eigenvalue weighted by molar-refractivity contribution is 5.92. The van der Waals surface area contributed by atoms with E-state index in [1.165, 1.54) is 5.56 Å². The van der Waals surface area contributed by atoms with Gasteiger partial charge in [-0.15, -0.1) is 0 Å². The summed E-state index contributed by atoms with van der Waals surface area (Å²) < 4.78 is 0. The molecule has 15 heavy (non-hydrogen) atoms. The lowest BCUT2D eigenvalue weighted by atomic mass is 10.1. The van der Waals surface area contributed by atoms with E-state index in [-0.39, 0.29) is 5.69 Å². The molecule has 1 N–H and O–H groups in total. The van der Waals surface area contributed by atoms with Crippen LogP contribution in [-0.2, 0) is 6.42 Å².